The summed E-state index contributed by atoms with van der Waals surface area (Å²) in [7, 11) is -4.87. The fourth-order valence-corrected chi connectivity index (χ4v) is 4.54. The van der Waals surface area contributed by atoms with Crippen LogP contribution in [0, 0.1) is 0 Å². The first-order chi connectivity index (χ1) is 15.7. The molecule has 3 aliphatic heterocycles. The third-order valence-corrected chi connectivity index (χ3v) is 6.08. The number of hydroxylamine groups is 2. The van der Waals surface area contributed by atoms with Crippen molar-refractivity contribution in [2.45, 2.75) is 43.9 Å². The number of nitrogens with zero attached hydrogens (tertiary/aromatic N) is 2. The van der Waals surface area contributed by atoms with Gasteiger partial charge >= 0.3 is 16.4 Å². The Morgan fingerprint density at radius 3 is 2.58 bits per heavy atom. The number of rotatable bonds is 7. The summed E-state index contributed by atoms with van der Waals surface area (Å²) >= 11 is 0. The van der Waals surface area contributed by atoms with Crippen LogP contribution in [0.1, 0.15) is 24.8 Å². The Balaban J connectivity index is 1.25. The highest BCUT2D eigenvalue weighted by Crippen LogP contribution is 2.30. The summed E-state index contributed by atoms with van der Waals surface area (Å²) in [5.74, 6) is -0.341. The number of nitrogens with one attached hydrogen (secondary N) is 3. The second-order valence-electron chi connectivity index (χ2n) is 8.10. The number of carbonyl (C=O) groups excluding carboxylic acids is 3. The molecule has 33 heavy (non-hydrogen) atoms. The molecule has 4 N–H and O–H groups in total. The average Bonchev–Trinajstić information content (AvgIpc) is 3.35. The smallest absolute Gasteiger partial charge is 0.418 e. The van der Waals surface area contributed by atoms with Crippen molar-refractivity contribution in [3.63, 3.8) is 0 Å². The van der Waals surface area contributed by atoms with E-state index in [2.05, 4.69) is 20.5 Å². The van der Waals surface area contributed by atoms with Crippen LogP contribution in [0.4, 0.5) is 4.79 Å². The van der Waals surface area contributed by atoms with Gasteiger partial charge in [0.05, 0.1) is 12.5 Å². The van der Waals surface area contributed by atoms with Gasteiger partial charge in [-0.3, -0.25) is 25.0 Å². The van der Waals surface area contributed by atoms with Crippen LogP contribution in [0.25, 0.3) is 0 Å². The molecule has 3 atom stereocenters. The lowest BCUT2D eigenvalue weighted by atomic mass is 10.0. The first-order valence-corrected chi connectivity index (χ1v) is 11.9. The predicted molar refractivity (Wildman–Crippen MR) is 112 cm³/mol. The van der Waals surface area contributed by atoms with Crippen LogP contribution in [0.3, 0.4) is 0 Å². The van der Waals surface area contributed by atoms with Crippen molar-refractivity contribution in [3.8, 4) is 5.75 Å². The van der Waals surface area contributed by atoms with Gasteiger partial charge in [-0.25, -0.2) is 4.79 Å². The molecule has 180 valence electrons. The van der Waals surface area contributed by atoms with Crippen LogP contribution in [0.15, 0.2) is 24.3 Å². The molecule has 1 aromatic rings. The Labute approximate surface area is 190 Å². The van der Waals surface area contributed by atoms with Gasteiger partial charge < -0.3 is 15.0 Å². The zero-order chi connectivity index (χ0) is 23.6. The number of hydrogen-bond acceptors (Lipinski definition) is 8. The molecule has 14 heteroatoms. The quantitative estimate of drug-likeness (QED) is 0.284. The molecule has 4 rings (SSSR count). The summed E-state index contributed by atoms with van der Waals surface area (Å²) in [5.41, 5.74) is 5.36. The molecule has 13 nitrogen and oxygen atoms in total. The Morgan fingerprint density at radius 2 is 1.91 bits per heavy atom. The molecule has 0 aromatic heterocycles. The Kier molecular flexibility index (Phi) is 6.69. The monoisotopic (exact) mass is 483 g/mol. The van der Waals surface area contributed by atoms with E-state index in [1.165, 1.54) is 0 Å². The number of urea groups is 1. The van der Waals surface area contributed by atoms with Crippen molar-refractivity contribution >= 4 is 28.2 Å². The Bertz CT molecular complexity index is 1010. The lowest BCUT2D eigenvalue weighted by Crippen LogP contribution is -2.54. The summed E-state index contributed by atoms with van der Waals surface area (Å²) in [6.45, 7) is 1.80. The lowest BCUT2D eigenvalue weighted by molar-refractivity contribution is -0.131. The molecule has 0 saturated carbocycles. The van der Waals surface area contributed by atoms with Crippen LogP contribution in [-0.2, 0) is 30.7 Å². The van der Waals surface area contributed by atoms with Crippen molar-refractivity contribution in [1.82, 2.24) is 26.1 Å². The summed E-state index contributed by atoms with van der Waals surface area (Å²) < 4.78 is 40.9. The minimum atomic E-state index is -4.87. The number of piperidine rings is 1. The predicted octanol–water partition coefficient (Wildman–Crippen LogP) is -0.880. The highest BCUT2D eigenvalue weighted by atomic mass is 32.3. The molecule has 3 aliphatic rings. The Hall–Kier alpha value is -2.94. The van der Waals surface area contributed by atoms with E-state index in [0.717, 1.165) is 35.7 Å². The van der Waals surface area contributed by atoms with Gasteiger partial charge in [0.1, 0.15) is 17.9 Å². The lowest BCUT2D eigenvalue weighted by Gasteiger charge is -2.29. The normalized spacial score (nSPS) is 24.6. The van der Waals surface area contributed by atoms with E-state index < -0.39 is 40.3 Å². The number of benzene rings is 1. The maximum Gasteiger partial charge on any atom is 0.418 e. The van der Waals surface area contributed by atoms with Gasteiger partial charge in [-0.05, 0) is 43.5 Å². The van der Waals surface area contributed by atoms with Crippen molar-refractivity contribution in [1.29, 1.82) is 0 Å². The molecular formula is C19H25N5O8S. The fraction of sp³-hybridized carbons (Fsp3) is 0.526. The molecule has 0 spiro atoms. The zero-order valence-corrected chi connectivity index (χ0v) is 18.4. The average molecular weight is 484 g/mol. The summed E-state index contributed by atoms with van der Waals surface area (Å²) in [6.07, 6.45) is 1.63. The van der Waals surface area contributed by atoms with Crippen LogP contribution in [0.2, 0.25) is 0 Å². The number of carbonyl (C=O) groups is 3. The van der Waals surface area contributed by atoms with Gasteiger partial charge in [0.25, 0.3) is 5.91 Å². The number of hydrazine groups is 1. The zero-order valence-electron chi connectivity index (χ0n) is 17.6. The van der Waals surface area contributed by atoms with Crippen LogP contribution in [-0.4, -0.2) is 78.6 Å². The van der Waals surface area contributed by atoms with E-state index in [4.69, 9.17) is 9.29 Å². The first-order valence-electron chi connectivity index (χ1n) is 10.5. The van der Waals surface area contributed by atoms with Gasteiger partial charge in [-0.2, -0.15) is 13.5 Å². The van der Waals surface area contributed by atoms with Gasteiger partial charge in [-0.1, -0.05) is 12.1 Å². The van der Waals surface area contributed by atoms with Crippen molar-refractivity contribution in [3.05, 3.63) is 29.8 Å². The molecule has 3 saturated heterocycles. The van der Waals surface area contributed by atoms with Gasteiger partial charge in [-0.15, -0.1) is 4.28 Å². The summed E-state index contributed by atoms with van der Waals surface area (Å²) in [5, 5.41) is 3.78. The SMILES string of the molecule is O=C(Cc1ccc(O[C@H]2CCNC2)cc1)NNC(=O)[C@@H]1CC[C@@H]2CN1C(=O)N2OS(=O)(=O)O. The molecule has 0 unspecified atom stereocenters. The van der Waals surface area contributed by atoms with Gasteiger partial charge in [0, 0.05) is 13.1 Å². The molecule has 2 bridgehead atoms. The maximum atomic E-state index is 12.5. The van der Waals surface area contributed by atoms with E-state index in [-0.39, 0.29) is 31.9 Å². The maximum absolute atomic E-state index is 12.5. The van der Waals surface area contributed by atoms with Crippen LogP contribution >= 0.6 is 0 Å². The number of ether oxygens (including phenoxy) is 1. The second kappa shape index (κ2) is 9.51. The van der Waals surface area contributed by atoms with Crippen LogP contribution in [0.5, 0.6) is 5.75 Å². The molecular weight excluding hydrogens is 458 g/mol. The van der Waals surface area contributed by atoms with Crippen molar-refractivity contribution in [2.75, 3.05) is 19.6 Å². The number of hydrogen-bond donors (Lipinski definition) is 4. The minimum Gasteiger partial charge on any atom is -0.489 e. The molecule has 0 aliphatic carbocycles. The first kappa shape index (κ1) is 23.2. The molecule has 0 radical (unpaired) electrons. The van der Waals surface area contributed by atoms with E-state index in [1.54, 1.807) is 24.3 Å². The largest absolute Gasteiger partial charge is 0.489 e. The van der Waals surface area contributed by atoms with Crippen molar-refractivity contribution < 1.29 is 36.4 Å². The van der Waals surface area contributed by atoms with E-state index in [1.807, 2.05) is 0 Å². The number of fused-ring (bicyclic) bond motifs is 2. The molecule has 1 aromatic carbocycles. The van der Waals surface area contributed by atoms with Gasteiger partial charge in [0.2, 0.25) is 5.91 Å². The van der Waals surface area contributed by atoms with E-state index >= 15 is 0 Å². The van der Waals surface area contributed by atoms with Gasteiger partial charge in [0.15, 0.2) is 0 Å². The highest BCUT2D eigenvalue weighted by Gasteiger charge is 2.49. The molecule has 3 heterocycles. The fourth-order valence-electron chi connectivity index (χ4n) is 4.16. The van der Waals surface area contributed by atoms with Crippen molar-refractivity contribution in [2.24, 2.45) is 0 Å². The van der Waals surface area contributed by atoms with Crippen LogP contribution < -0.4 is 20.9 Å². The third-order valence-electron chi connectivity index (χ3n) is 5.73. The molecule has 4 amide bonds. The minimum absolute atomic E-state index is 0.0247. The Morgan fingerprint density at radius 1 is 1.15 bits per heavy atom. The number of amides is 4. The van der Waals surface area contributed by atoms with E-state index in [9.17, 15) is 22.8 Å². The standard InChI is InChI=1S/C19H25N5O8S/c25-17(9-12-1-4-14(5-2-12)31-15-7-8-20-10-15)21-22-18(26)16-6-3-13-11-23(16)19(27)24(13)32-33(28,29)30/h1-2,4-5,13,15-16,20H,3,6-11H2,(H,21,25)(H,22,26)(H,28,29,30)/t13-,15+,16+/m1/s1. The summed E-state index contributed by atoms with van der Waals surface area (Å²) in [6, 6.07) is 4.76. The van der Waals surface area contributed by atoms with E-state index in [0.29, 0.717) is 5.06 Å². The third kappa shape index (κ3) is 5.71. The highest BCUT2D eigenvalue weighted by molar-refractivity contribution is 7.80. The second-order valence-corrected chi connectivity index (χ2v) is 9.11. The topological polar surface area (TPSA) is 167 Å². The summed E-state index contributed by atoms with van der Waals surface area (Å²) in [4.78, 5) is 38.3. The molecule has 3 fully saturated rings.